The van der Waals surface area contributed by atoms with Crippen molar-refractivity contribution in [1.29, 1.82) is 0 Å². The van der Waals surface area contributed by atoms with Gasteiger partial charge in [-0.05, 0) is 0 Å². The predicted octanol–water partition coefficient (Wildman–Crippen LogP) is 0.388. The molecule has 1 amide bonds. The monoisotopic (exact) mass is 197 g/mol. The van der Waals surface area contributed by atoms with E-state index in [0.29, 0.717) is 18.0 Å². The zero-order valence-electron chi connectivity index (χ0n) is 7.06. The number of carbonyl (C=O) groups is 1. The van der Waals surface area contributed by atoms with E-state index in [2.05, 4.69) is 10.3 Å². The van der Waals surface area contributed by atoms with Gasteiger partial charge in [0.25, 0.3) is 5.91 Å². The van der Waals surface area contributed by atoms with E-state index in [1.54, 1.807) is 17.8 Å². The third-order valence-corrected chi connectivity index (χ3v) is 2.11. The molecule has 1 aromatic rings. The molecule has 70 valence electrons. The Morgan fingerprint density at radius 3 is 3.15 bits per heavy atom. The second-order valence-corrected chi connectivity index (χ2v) is 3.17. The van der Waals surface area contributed by atoms with Gasteiger partial charge in [0.05, 0.1) is 11.7 Å². The molecule has 3 N–H and O–H groups in total. The van der Waals surface area contributed by atoms with Crippen LogP contribution in [0.4, 0.5) is 0 Å². The van der Waals surface area contributed by atoms with Crippen molar-refractivity contribution in [2.75, 3.05) is 13.1 Å². The van der Waals surface area contributed by atoms with Gasteiger partial charge in [0, 0.05) is 13.1 Å². The van der Waals surface area contributed by atoms with Crippen LogP contribution in [0.5, 0.6) is 0 Å². The zero-order valence-corrected chi connectivity index (χ0v) is 7.88. The standard InChI is InChI=1S/C8H11N3OS/c9-3-1-2-4-11-8(12)7-5-10-6-13-7/h1-2,5-6H,3-4,9H2,(H,11,12)/b2-1+. The maximum atomic E-state index is 11.3. The van der Waals surface area contributed by atoms with Gasteiger partial charge in [-0.15, -0.1) is 11.3 Å². The topological polar surface area (TPSA) is 68.0 Å². The first-order valence-electron chi connectivity index (χ1n) is 3.86. The number of hydrogen-bond acceptors (Lipinski definition) is 4. The zero-order chi connectivity index (χ0) is 9.52. The SMILES string of the molecule is NC/C=C/CNC(=O)c1cncs1. The lowest BCUT2D eigenvalue weighted by Gasteiger charge is -1.97. The van der Waals surface area contributed by atoms with Crippen LogP contribution in [0, 0.1) is 0 Å². The lowest BCUT2D eigenvalue weighted by atomic mass is 10.4. The van der Waals surface area contributed by atoms with Crippen LogP contribution < -0.4 is 11.1 Å². The average Bonchev–Trinajstić information content (AvgIpc) is 2.65. The molecule has 0 aliphatic heterocycles. The third kappa shape index (κ3) is 3.35. The first-order valence-corrected chi connectivity index (χ1v) is 4.74. The number of rotatable bonds is 4. The summed E-state index contributed by atoms with van der Waals surface area (Å²) in [6.07, 6.45) is 5.17. The van der Waals surface area contributed by atoms with Gasteiger partial charge < -0.3 is 11.1 Å². The van der Waals surface area contributed by atoms with Gasteiger partial charge >= 0.3 is 0 Å². The van der Waals surface area contributed by atoms with Gasteiger partial charge in [-0.25, -0.2) is 0 Å². The predicted molar refractivity (Wildman–Crippen MR) is 52.6 cm³/mol. The van der Waals surface area contributed by atoms with Crippen molar-refractivity contribution < 1.29 is 4.79 Å². The van der Waals surface area contributed by atoms with E-state index in [1.807, 2.05) is 6.08 Å². The van der Waals surface area contributed by atoms with E-state index in [9.17, 15) is 4.79 Å². The molecule has 0 radical (unpaired) electrons. The van der Waals surface area contributed by atoms with E-state index in [-0.39, 0.29) is 5.91 Å². The highest BCUT2D eigenvalue weighted by atomic mass is 32.1. The largest absolute Gasteiger partial charge is 0.348 e. The van der Waals surface area contributed by atoms with Crippen molar-refractivity contribution in [1.82, 2.24) is 10.3 Å². The molecule has 0 spiro atoms. The van der Waals surface area contributed by atoms with Crippen molar-refractivity contribution in [3.05, 3.63) is 28.7 Å². The maximum absolute atomic E-state index is 11.3. The van der Waals surface area contributed by atoms with E-state index < -0.39 is 0 Å². The third-order valence-electron chi connectivity index (χ3n) is 1.34. The van der Waals surface area contributed by atoms with Crippen molar-refractivity contribution in [2.24, 2.45) is 5.73 Å². The molecule has 1 aromatic heterocycles. The Balaban J connectivity index is 2.31. The van der Waals surface area contributed by atoms with Gasteiger partial charge in [0.1, 0.15) is 4.88 Å². The Labute approximate surface area is 80.5 Å². The van der Waals surface area contributed by atoms with Gasteiger partial charge in [0.2, 0.25) is 0 Å². The number of nitrogens with one attached hydrogen (secondary N) is 1. The number of hydrogen-bond donors (Lipinski definition) is 2. The molecule has 0 fully saturated rings. The fraction of sp³-hybridized carbons (Fsp3) is 0.250. The second kappa shape index (κ2) is 5.45. The van der Waals surface area contributed by atoms with Gasteiger partial charge in [-0.1, -0.05) is 12.2 Å². The van der Waals surface area contributed by atoms with E-state index in [1.165, 1.54) is 11.3 Å². The van der Waals surface area contributed by atoms with E-state index >= 15 is 0 Å². The molecule has 0 unspecified atom stereocenters. The maximum Gasteiger partial charge on any atom is 0.263 e. The Bertz CT molecular complexity index is 282. The van der Waals surface area contributed by atoms with E-state index in [0.717, 1.165) is 0 Å². The minimum absolute atomic E-state index is 0.0934. The second-order valence-electron chi connectivity index (χ2n) is 2.28. The summed E-state index contributed by atoms with van der Waals surface area (Å²) >= 11 is 1.32. The Hall–Kier alpha value is -1.20. The average molecular weight is 197 g/mol. The van der Waals surface area contributed by atoms with Crippen LogP contribution in [0.1, 0.15) is 9.67 Å². The minimum Gasteiger partial charge on any atom is -0.348 e. The van der Waals surface area contributed by atoms with Crippen LogP contribution in [0.25, 0.3) is 0 Å². The van der Waals surface area contributed by atoms with Crippen molar-refractivity contribution in [3.8, 4) is 0 Å². The van der Waals surface area contributed by atoms with Crippen molar-refractivity contribution in [3.63, 3.8) is 0 Å². The van der Waals surface area contributed by atoms with Crippen LogP contribution in [0.15, 0.2) is 23.9 Å². The summed E-state index contributed by atoms with van der Waals surface area (Å²) in [6.45, 7) is 1.00. The highest BCUT2D eigenvalue weighted by molar-refractivity contribution is 7.11. The van der Waals surface area contributed by atoms with Crippen LogP contribution in [0.2, 0.25) is 0 Å². The van der Waals surface area contributed by atoms with Crippen molar-refractivity contribution in [2.45, 2.75) is 0 Å². The van der Waals surface area contributed by atoms with Crippen LogP contribution in [-0.4, -0.2) is 24.0 Å². The first-order chi connectivity index (χ1) is 6.34. The fourth-order valence-corrected chi connectivity index (χ4v) is 1.28. The number of amides is 1. The molecule has 0 aliphatic rings. The summed E-state index contributed by atoms with van der Waals surface area (Å²) in [5, 5.41) is 2.71. The van der Waals surface area contributed by atoms with Crippen molar-refractivity contribution >= 4 is 17.2 Å². The number of aromatic nitrogens is 1. The normalized spacial score (nSPS) is 10.5. The summed E-state index contributed by atoms with van der Waals surface area (Å²) in [7, 11) is 0. The minimum atomic E-state index is -0.0934. The molecule has 0 atom stereocenters. The molecule has 13 heavy (non-hydrogen) atoms. The molecule has 0 aromatic carbocycles. The lowest BCUT2D eigenvalue weighted by molar-refractivity contribution is 0.0962. The Morgan fingerprint density at radius 1 is 1.69 bits per heavy atom. The highest BCUT2D eigenvalue weighted by Gasteiger charge is 2.03. The van der Waals surface area contributed by atoms with Crippen LogP contribution in [0.3, 0.4) is 0 Å². The molecule has 0 aliphatic carbocycles. The van der Waals surface area contributed by atoms with Crippen LogP contribution >= 0.6 is 11.3 Å². The molecule has 4 nitrogen and oxygen atoms in total. The Morgan fingerprint density at radius 2 is 2.54 bits per heavy atom. The van der Waals surface area contributed by atoms with Crippen LogP contribution in [-0.2, 0) is 0 Å². The van der Waals surface area contributed by atoms with Gasteiger partial charge in [0.15, 0.2) is 0 Å². The van der Waals surface area contributed by atoms with E-state index in [4.69, 9.17) is 5.73 Å². The van der Waals surface area contributed by atoms with Gasteiger partial charge in [-0.2, -0.15) is 0 Å². The number of nitrogens with zero attached hydrogens (tertiary/aromatic N) is 1. The number of thiazole rings is 1. The summed E-state index contributed by atoms with van der Waals surface area (Å²) in [5.41, 5.74) is 6.86. The summed E-state index contributed by atoms with van der Waals surface area (Å²) < 4.78 is 0. The molecule has 0 saturated carbocycles. The lowest BCUT2D eigenvalue weighted by Crippen LogP contribution is -2.22. The summed E-state index contributed by atoms with van der Waals surface area (Å²) in [4.78, 5) is 15.7. The fourth-order valence-electron chi connectivity index (χ4n) is 0.746. The molecular formula is C8H11N3OS. The molecule has 0 saturated heterocycles. The first kappa shape index (κ1) is 9.88. The molecule has 1 rings (SSSR count). The number of carbonyl (C=O) groups excluding carboxylic acids is 1. The molecular weight excluding hydrogens is 186 g/mol. The Kier molecular flexibility index (Phi) is 4.14. The molecule has 5 heteroatoms. The number of nitrogens with two attached hydrogens (primary N) is 1. The van der Waals surface area contributed by atoms with Gasteiger partial charge in [-0.3, -0.25) is 9.78 Å². The summed E-state index contributed by atoms with van der Waals surface area (Å²) in [6, 6.07) is 0. The summed E-state index contributed by atoms with van der Waals surface area (Å²) in [5.74, 6) is -0.0934. The smallest absolute Gasteiger partial charge is 0.263 e. The quantitative estimate of drug-likeness (QED) is 0.686. The molecule has 1 heterocycles. The highest BCUT2D eigenvalue weighted by Crippen LogP contribution is 2.03. The molecule has 0 bridgehead atoms.